The van der Waals surface area contributed by atoms with Gasteiger partial charge in [-0.2, -0.15) is 0 Å². The van der Waals surface area contributed by atoms with Crippen LogP contribution in [0.15, 0.2) is 0 Å². The van der Waals surface area contributed by atoms with E-state index in [9.17, 15) is 5.11 Å². The average Bonchev–Trinajstić information content (AvgIpc) is 2.41. The van der Waals surface area contributed by atoms with E-state index in [4.69, 9.17) is 0 Å². The number of hydrogen-bond acceptors (Lipinski definition) is 1. The normalized spacial score (nSPS) is 37.4. The quantitative estimate of drug-likeness (QED) is 0.591. The van der Waals surface area contributed by atoms with E-state index in [0.717, 1.165) is 18.2 Å². The Morgan fingerprint density at radius 3 is 2.36 bits per heavy atom. The van der Waals surface area contributed by atoms with E-state index >= 15 is 0 Å². The van der Waals surface area contributed by atoms with Gasteiger partial charge in [0.1, 0.15) is 0 Å². The minimum absolute atomic E-state index is 0.284. The van der Waals surface area contributed by atoms with E-state index in [2.05, 4.69) is 35.6 Å². The van der Waals surface area contributed by atoms with E-state index in [1.165, 1.54) is 0 Å². The predicted molar refractivity (Wildman–Crippen MR) is 55.1 cm³/mol. The molecule has 1 aliphatic carbocycles. The summed E-state index contributed by atoms with van der Waals surface area (Å²) >= 11 is 3.37. The molecule has 0 aromatic heterocycles. The van der Waals surface area contributed by atoms with Crippen LogP contribution in [0.25, 0.3) is 0 Å². The highest BCUT2D eigenvalue weighted by molar-refractivity contribution is 9.09. The molecule has 1 fully saturated rings. The Labute approximate surface area is 78.3 Å². The number of alkyl halides is 1. The third-order valence-electron chi connectivity index (χ3n) is 2.62. The molecule has 1 saturated carbocycles. The minimum Gasteiger partial charge on any atom is -0.390 e. The fraction of sp³-hybridized carbons (Fsp3) is 1.00. The molecule has 0 aromatic carbocycles. The first-order valence-electron chi connectivity index (χ1n) is 4.18. The summed E-state index contributed by atoms with van der Waals surface area (Å²) in [6.07, 6.45) is 1.98. The van der Waals surface area contributed by atoms with Crippen LogP contribution in [0.2, 0.25) is 25.2 Å². The molecule has 3 heteroatoms. The van der Waals surface area contributed by atoms with Crippen LogP contribution >= 0.6 is 15.9 Å². The molecule has 1 N–H and O–H groups in total. The molecular formula is C8H17BrOSi. The molecule has 0 aromatic rings. The van der Waals surface area contributed by atoms with Gasteiger partial charge < -0.3 is 5.11 Å². The van der Waals surface area contributed by atoms with Crippen molar-refractivity contribution in [2.45, 2.75) is 43.6 Å². The Kier molecular flexibility index (Phi) is 2.53. The maximum atomic E-state index is 9.93. The van der Waals surface area contributed by atoms with Gasteiger partial charge in [-0.15, -0.1) is 0 Å². The maximum absolute atomic E-state index is 9.93. The van der Waals surface area contributed by atoms with E-state index in [0.29, 0.717) is 5.54 Å². The van der Waals surface area contributed by atoms with Crippen molar-refractivity contribution in [3.05, 3.63) is 0 Å². The molecule has 0 radical (unpaired) electrons. The highest BCUT2D eigenvalue weighted by Gasteiger charge is 2.57. The largest absolute Gasteiger partial charge is 0.390 e. The summed E-state index contributed by atoms with van der Waals surface area (Å²) in [4.78, 5) is 0. The summed E-state index contributed by atoms with van der Waals surface area (Å²) in [6, 6.07) is 0. The first-order valence-corrected chi connectivity index (χ1v) is 8.88. The Morgan fingerprint density at radius 2 is 2.09 bits per heavy atom. The number of aliphatic hydroxyl groups is 1. The van der Waals surface area contributed by atoms with Crippen LogP contribution in [0.1, 0.15) is 12.8 Å². The number of halogens is 1. The molecule has 1 aliphatic rings. The molecule has 0 spiro atoms. The summed E-state index contributed by atoms with van der Waals surface area (Å²) in [5.74, 6) is 0. The molecule has 0 heterocycles. The lowest BCUT2D eigenvalue weighted by Gasteiger charge is -2.18. The van der Waals surface area contributed by atoms with Gasteiger partial charge in [0, 0.05) is 5.33 Å². The van der Waals surface area contributed by atoms with Crippen LogP contribution in [-0.2, 0) is 0 Å². The zero-order valence-corrected chi connectivity index (χ0v) is 10.1. The van der Waals surface area contributed by atoms with Gasteiger partial charge >= 0.3 is 0 Å². The smallest absolute Gasteiger partial charge is 0.0662 e. The fourth-order valence-electron chi connectivity index (χ4n) is 1.85. The molecule has 0 unspecified atom stereocenters. The van der Waals surface area contributed by atoms with Crippen LogP contribution in [0.5, 0.6) is 0 Å². The lowest BCUT2D eigenvalue weighted by atomic mass is 10.3. The van der Waals surface area contributed by atoms with E-state index in [-0.39, 0.29) is 5.60 Å². The Morgan fingerprint density at radius 1 is 1.55 bits per heavy atom. The second kappa shape index (κ2) is 2.86. The second-order valence-electron chi connectivity index (χ2n) is 4.67. The maximum Gasteiger partial charge on any atom is 0.0662 e. The van der Waals surface area contributed by atoms with E-state index in [1.807, 2.05) is 0 Å². The topological polar surface area (TPSA) is 20.2 Å². The van der Waals surface area contributed by atoms with Crippen molar-refractivity contribution >= 4 is 24.0 Å². The van der Waals surface area contributed by atoms with Crippen molar-refractivity contribution in [1.29, 1.82) is 0 Å². The highest BCUT2D eigenvalue weighted by atomic mass is 79.9. The summed E-state index contributed by atoms with van der Waals surface area (Å²) in [5.41, 5.74) is 0.362. The van der Waals surface area contributed by atoms with Crippen molar-refractivity contribution in [3.8, 4) is 0 Å². The van der Waals surface area contributed by atoms with Crippen molar-refractivity contribution < 1.29 is 5.11 Å². The zero-order valence-electron chi connectivity index (χ0n) is 7.52. The summed E-state index contributed by atoms with van der Waals surface area (Å²) < 4.78 is 0. The third-order valence-corrected chi connectivity index (χ3v) is 5.85. The number of hydrogen-bond donors (Lipinski definition) is 1. The predicted octanol–water partition coefficient (Wildman–Crippen LogP) is 2.61. The molecule has 66 valence electrons. The third kappa shape index (κ3) is 2.07. The van der Waals surface area contributed by atoms with E-state index in [1.54, 1.807) is 0 Å². The first kappa shape index (κ1) is 9.74. The molecule has 11 heavy (non-hydrogen) atoms. The highest BCUT2D eigenvalue weighted by Crippen LogP contribution is 2.57. The Hall–Kier alpha value is 0.657. The molecule has 2 atom stereocenters. The van der Waals surface area contributed by atoms with Gasteiger partial charge in [-0.3, -0.25) is 0 Å². The van der Waals surface area contributed by atoms with Gasteiger partial charge in [-0.25, -0.2) is 0 Å². The SMILES string of the molecule is C[Si](C)(C)[C@@H]1C[C@]1(O)CCBr. The van der Waals surface area contributed by atoms with Crippen LogP contribution in [-0.4, -0.2) is 24.1 Å². The van der Waals surface area contributed by atoms with Crippen LogP contribution in [0, 0.1) is 0 Å². The summed E-state index contributed by atoms with van der Waals surface area (Å²) in [6.45, 7) is 7.01. The molecule has 0 saturated heterocycles. The molecule has 1 nitrogen and oxygen atoms in total. The van der Waals surface area contributed by atoms with Gasteiger partial charge in [0.25, 0.3) is 0 Å². The van der Waals surface area contributed by atoms with Crippen molar-refractivity contribution in [2.75, 3.05) is 5.33 Å². The van der Waals surface area contributed by atoms with Crippen LogP contribution < -0.4 is 0 Å². The van der Waals surface area contributed by atoms with Gasteiger partial charge in [0.15, 0.2) is 0 Å². The lowest BCUT2D eigenvalue weighted by molar-refractivity contribution is 0.147. The average molecular weight is 237 g/mol. The van der Waals surface area contributed by atoms with Crippen LogP contribution in [0.3, 0.4) is 0 Å². The Bertz CT molecular complexity index is 155. The standard InChI is InChI=1S/C8H17BrOSi/c1-11(2,3)7-6-8(7,10)4-5-9/h7,10H,4-6H2,1-3H3/t7-,8-/m1/s1. The fourth-order valence-corrected chi connectivity index (χ4v) is 5.26. The van der Waals surface area contributed by atoms with Gasteiger partial charge in [-0.05, 0) is 18.4 Å². The van der Waals surface area contributed by atoms with Gasteiger partial charge in [0.05, 0.1) is 13.7 Å². The summed E-state index contributed by atoms with van der Waals surface area (Å²) in [7, 11) is -1.07. The monoisotopic (exact) mass is 236 g/mol. The van der Waals surface area contributed by atoms with E-state index < -0.39 is 8.07 Å². The first-order chi connectivity index (χ1) is 4.90. The number of rotatable bonds is 3. The minimum atomic E-state index is -1.07. The molecule has 0 bridgehead atoms. The summed E-state index contributed by atoms with van der Waals surface area (Å²) in [5, 5.41) is 10.9. The molecular weight excluding hydrogens is 220 g/mol. The van der Waals surface area contributed by atoms with Crippen molar-refractivity contribution in [2.24, 2.45) is 0 Å². The molecule has 0 amide bonds. The zero-order chi connectivity index (χ0) is 8.70. The molecule has 0 aliphatic heterocycles. The van der Waals surface area contributed by atoms with Gasteiger partial charge in [-0.1, -0.05) is 35.6 Å². The van der Waals surface area contributed by atoms with Crippen molar-refractivity contribution in [1.82, 2.24) is 0 Å². The second-order valence-corrected chi connectivity index (χ2v) is 10.9. The Balaban J connectivity index is 2.46. The lowest BCUT2D eigenvalue weighted by Crippen LogP contribution is -2.26. The van der Waals surface area contributed by atoms with Crippen molar-refractivity contribution in [3.63, 3.8) is 0 Å². The van der Waals surface area contributed by atoms with Gasteiger partial charge in [0.2, 0.25) is 0 Å². The molecule has 1 rings (SSSR count). The van der Waals surface area contributed by atoms with Crippen LogP contribution in [0.4, 0.5) is 0 Å².